The number of pyridine rings is 1. The van der Waals surface area contributed by atoms with Crippen molar-refractivity contribution in [3.05, 3.63) is 12.3 Å². The average molecular weight is 115 g/mol. The molecule has 1 aromatic heterocycles. The number of rotatable bonds is 0. The molecule has 0 aliphatic rings. The van der Waals surface area contributed by atoms with E-state index in [1.165, 1.54) is 10.9 Å². The van der Waals surface area contributed by atoms with Crippen molar-refractivity contribution >= 4 is 40.1 Å². The normalized spacial score (nSPS) is 9.33. The van der Waals surface area contributed by atoms with Crippen molar-refractivity contribution < 1.29 is 0 Å². The van der Waals surface area contributed by atoms with E-state index in [0.29, 0.717) is 0 Å². The predicted molar refractivity (Wildman–Crippen MR) is 48.8 cm³/mol. The van der Waals surface area contributed by atoms with Crippen LogP contribution in [-0.4, -0.2) is 28.5 Å². The molecule has 1 nitrogen and oxygen atoms in total. The third-order valence-electron chi connectivity index (χ3n) is 1.48. The molecule has 1 heterocycles. The summed E-state index contributed by atoms with van der Waals surface area (Å²) in [5.41, 5.74) is 3.63. The lowest BCUT2D eigenvalue weighted by atomic mass is 9.82. The zero-order chi connectivity index (χ0) is 6.85. The van der Waals surface area contributed by atoms with Gasteiger partial charge in [-0.1, -0.05) is 17.0 Å². The van der Waals surface area contributed by atoms with Crippen molar-refractivity contribution in [2.45, 2.75) is 0 Å². The largest absolute Gasteiger partial charge is 0.273 e. The fourth-order valence-corrected chi connectivity index (χ4v) is 0.784. The van der Waals surface area contributed by atoms with Crippen LogP contribution < -0.4 is 16.5 Å². The molecule has 0 N–H and O–H groups in total. The Labute approximate surface area is 58.1 Å². The molecule has 0 aromatic carbocycles. The van der Waals surface area contributed by atoms with Gasteiger partial charge in [-0.3, -0.25) is 4.98 Å². The Morgan fingerprint density at radius 3 is 2.33 bits per heavy atom. The van der Waals surface area contributed by atoms with E-state index in [1.54, 1.807) is 0 Å². The summed E-state index contributed by atoms with van der Waals surface area (Å²) in [5.74, 6) is 0. The summed E-state index contributed by atoms with van der Waals surface area (Å²) < 4.78 is 0. The van der Waals surface area contributed by atoms with Crippen LogP contribution in [-0.2, 0) is 0 Å². The molecule has 0 saturated carbocycles. The minimum atomic E-state index is 1.13. The van der Waals surface area contributed by atoms with Crippen molar-refractivity contribution in [2.75, 3.05) is 0 Å². The third kappa shape index (κ3) is 1.38. The Balaban J connectivity index is 3.17. The minimum absolute atomic E-state index is 1.13. The van der Waals surface area contributed by atoms with E-state index in [1.807, 2.05) is 14.0 Å². The maximum atomic E-state index is 4.18. The molecule has 0 radical (unpaired) electrons. The Bertz CT molecular complexity index is 223. The van der Waals surface area contributed by atoms with Crippen LogP contribution in [0.25, 0.3) is 0 Å². The summed E-state index contributed by atoms with van der Waals surface area (Å²) in [4.78, 5) is 4.18. The first kappa shape index (κ1) is 6.46. The monoisotopic (exact) mass is 115 g/mol. The number of aromatic nitrogens is 1. The van der Waals surface area contributed by atoms with Gasteiger partial charge in [-0.25, -0.2) is 0 Å². The second kappa shape index (κ2) is 2.30. The van der Waals surface area contributed by atoms with E-state index in [-0.39, 0.29) is 0 Å². The third-order valence-corrected chi connectivity index (χ3v) is 1.48. The molecule has 4 heteroatoms. The molecule has 9 heavy (non-hydrogen) atoms. The Morgan fingerprint density at radius 2 is 1.89 bits per heavy atom. The van der Waals surface area contributed by atoms with Crippen LogP contribution in [0.1, 0.15) is 0 Å². The zero-order valence-corrected chi connectivity index (χ0v) is 6.10. The van der Waals surface area contributed by atoms with E-state index in [4.69, 9.17) is 0 Å². The quantitative estimate of drug-likeness (QED) is 0.312. The van der Waals surface area contributed by atoms with Gasteiger partial charge in [0, 0.05) is 6.20 Å². The van der Waals surface area contributed by atoms with Gasteiger partial charge in [0.1, 0.15) is 15.7 Å². The molecule has 0 saturated heterocycles. The molecule has 0 aliphatic heterocycles. The van der Waals surface area contributed by atoms with Gasteiger partial charge in [0.25, 0.3) is 0 Å². The van der Waals surface area contributed by atoms with Gasteiger partial charge in [0.05, 0.1) is 0 Å². The molecular weight excluding hydrogens is 106 g/mol. The highest BCUT2D eigenvalue weighted by atomic mass is 14.6. The summed E-state index contributed by atoms with van der Waals surface area (Å²) in [6.07, 6.45) is 1.89. The summed E-state index contributed by atoms with van der Waals surface area (Å²) >= 11 is 0. The van der Waals surface area contributed by atoms with Crippen LogP contribution in [0.5, 0.6) is 0 Å². The topological polar surface area (TPSA) is 12.9 Å². The molecule has 0 bridgehead atoms. The molecule has 0 amide bonds. The predicted octanol–water partition coefficient (Wildman–Crippen LogP) is -4.14. The highest BCUT2D eigenvalue weighted by Gasteiger charge is 1.90. The highest BCUT2D eigenvalue weighted by Crippen LogP contribution is 1.63. The lowest BCUT2D eigenvalue weighted by Crippen LogP contribution is -2.32. The van der Waals surface area contributed by atoms with Crippen molar-refractivity contribution in [2.24, 2.45) is 0 Å². The zero-order valence-electron chi connectivity index (χ0n) is 6.10. The minimum Gasteiger partial charge on any atom is -0.273 e. The fraction of sp³-hybridized carbons (Fsp3) is 0. The van der Waals surface area contributed by atoms with Crippen LogP contribution in [0.15, 0.2) is 12.3 Å². The molecule has 1 rings (SSSR count). The van der Waals surface area contributed by atoms with Gasteiger partial charge >= 0.3 is 0 Å². The summed E-state index contributed by atoms with van der Waals surface area (Å²) in [6.45, 7) is 0. The van der Waals surface area contributed by atoms with Crippen molar-refractivity contribution in [1.82, 2.24) is 4.98 Å². The molecule has 1 aromatic rings. The standard InChI is InChI=1S/C5H8B3N/c6-3-1-4(7)5(8)9-2-3/h1-2H,6-8H2. The first-order chi connectivity index (χ1) is 4.20. The molecular formula is C5H8B3N. The van der Waals surface area contributed by atoms with Crippen LogP contribution in [0.3, 0.4) is 0 Å². The van der Waals surface area contributed by atoms with Crippen LogP contribution >= 0.6 is 0 Å². The van der Waals surface area contributed by atoms with Gasteiger partial charge < -0.3 is 0 Å². The summed E-state index contributed by atoms with van der Waals surface area (Å²) in [6, 6.07) is 2.14. The molecule has 0 spiro atoms. The molecule has 0 unspecified atom stereocenters. The first-order valence-corrected chi connectivity index (χ1v) is 3.10. The lowest BCUT2D eigenvalue weighted by Gasteiger charge is -1.98. The summed E-state index contributed by atoms with van der Waals surface area (Å²) in [7, 11) is 6.16. The van der Waals surface area contributed by atoms with Crippen molar-refractivity contribution in [1.29, 1.82) is 0 Å². The number of nitrogens with zero attached hydrogens (tertiary/aromatic N) is 1. The smallest absolute Gasteiger partial charge is 0.163 e. The highest BCUT2D eigenvalue weighted by molar-refractivity contribution is 6.48. The van der Waals surface area contributed by atoms with Gasteiger partial charge in [-0.05, 0) is 5.59 Å². The maximum absolute atomic E-state index is 4.18. The van der Waals surface area contributed by atoms with Crippen molar-refractivity contribution in [3.8, 4) is 0 Å². The van der Waals surface area contributed by atoms with Gasteiger partial charge in [0.15, 0.2) is 7.85 Å². The van der Waals surface area contributed by atoms with Crippen LogP contribution in [0, 0.1) is 0 Å². The van der Waals surface area contributed by atoms with Gasteiger partial charge in [-0.15, -0.1) is 0 Å². The second-order valence-electron chi connectivity index (χ2n) is 2.41. The Hall–Kier alpha value is -0.655. The Morgan fingerprint density at radius 1 is 1.22 bits per heavy atom. The summed E-state index contributed by atoms with van der Waals surface area (Å²) in [5, 5.41) is 0. The van der Waals surface area contributed by atoms with Crippen LogP contribution in [0.4, 0.5) is 0 Å². The Kier molecular flexibility index (Phi) is 1.65. The van der Waals surface area contributed by atoms with E-state index < -0.39 is 0 Å². The lowest BCUT2D eigenvalue weighted by molar-refractivity contribution is 1.43. The van der Waals surface area contributed by atoms with Gasteiger partial charge in [-0.2, -0.15) is 0 Å². The second-order valence-corrected chi connectivity index (χ2v) is 2.41. The maximum Gasteiger partial charge on any atom is 0.163 e. The molecule has 42 valence electrons. The van der Waals surface area contributed by atoms with E-state index in [2.05, 4.69) is 26.7 Å². The van der Waals surface area contributed by atoms with Crippen molar-refractivity contribution in [3.63, 3.8) is 0 Å². The van der Waals surface area contributed by atoms with E-state index in [9.17, 15) is 0 Å². The van der Waals surface area contributed by atoms with E-state index in [0.717, 1.165) is 5.59 Å². The number of hydrogen-bond donors (Lipinski definition) is 0. The first-order valence-electron chi connectivity index (χ1n) is 3.10. The molecule has 0 aliphatic carbocycles. The van der Waals surface area contributed by atoms with Crippen LogP contribution in [0.2, 0.25) is 0 Å². The number of hydrogen-bond acceptors (Lipinski definition) is 1. The van der Waals surface area contributed by atoms with E-state index >= 15 is 0 Å². The van der Waals surface area contributed by atoms with Gasteiger partial charge in [0.2, 0.25) is 0 Å². The SMILES string of the molecule is Bc1cnc(B)c(B)c1. The average Bonchev–Trinajstić information content (AvgIpc) is 1.80. The fourth-order valence-electron chi connectivity index (χ4n) is 0.784. The molecule has 0 fully saturated rings. The molecule has 0 atom stereocenters.